The molecule has 7 nitrogen and oxygen atoms in total. The van der Waals surface area contributed by atoms with Gasteiger partial charge in [-0.2, -0.15) is 0 Å². The van der Waals surface area contributed by atoms with Crippen molar-refractivity contribution in [3.05, 3.63) is 60.2 Å². The maximum absolute atomic E-state index is 12.7. The molecular formula is C22H24N2O5. The van der Waals surface area contributed by atoms with Crippen molar-refractivity contribution in [3.8, 4) is 5.75 Å². The van der Waals surface area contributed by atoms with Crippen LogP contribution < -0.4 is 15.0 Å². The minimum atomic E-state index is -1.11. The Kier molecular flexibility index (Phi) is 6.49. The van der Waals surface area contributed by atoms with Crippen LogP contribution in [0.5, 0.6) is 5.75 Å². The smallest absolute Gasteiger partial charge is 0.326 e. The number of carbonyl (C=O) groups is 3. The molecule has 29 heavy (non-hydrogen) atoms. The Balaban J connectivity index is 1.69. The topological polar surface area (TPSA) is 95.9 Å². The summed E-state index contributed by atoms with van der Waals surface area (Å²) in [5.74, 6) is -1.76. The molecule has 0 saturated carbocycles. The number of para-hydroxylation sites is 2. The van der Waals surface area contributed by atoms with Crippen LogP contribution in [-0.4, -0.2) is 42.1 Å². The van der Waals surface area contributed by atoms with Crippen molar-refractivity contribution in [2.75, 3.05) is 18.1 Å². The van der Waals surface area contributed by atoms with Crippen molar-refractivity contribution >= 4 is 23.5 Å². The highest BCUT2D eigenvalue weighted by atomic mass is 16.5. The summed E-state index contributed by atoms with van der Waals surface area (Å²) < 4.78 is 5.58. The Morgan fingerprint density at radius 1 is 1.17 bits per heavy atom. The fourth-order valence-corrected chi connectivity index (χ4v) is 3.41. The molecule has 1 aliphatic rings. The van der Waals surface area contributed by atoms with Gasteiger partial charge in [-0.3, -0.25) is 9.59 Å². The van der Waals surface area contributed by atoms with Gasteiger partial charge in [0.1, 0.15) is 11.8 Å². The van der Waals surface area contributed by atoms with Crippen LogP contribution in [0.15, 0.2) is 54.6 Å². The van der Waals surface area contributed by atoms with Crippen LogP contribution in [0.3, 0.4) is 0 Å². The van der Waals surface area contributed by atoms with E-state index in [1.54, 1.807) is 18.2 Å². The first-order valence-electron chi connectivity index (χ1n) is 9.59. The SMILES string of the molecule is CCOc1ccccc1N1CC(C(=O)N[C@H](Cc2ccccc2)C(=O)O)CC1=O. The average molecular weight is 396 g/mol. The van der Waals surface area contributed by atoms with Crippen molar-refractivity contribution in [1.29, 1.82) is 0 Å². The number of hydrogen-bond acceptors (Lipinski definition) is 4. The zero-order valence-electron chi connectivity index (χ0n) is 16.2. The third-order valence-corrected chi connectivity index (χ3v) is 4.85. The van der Waals surface area contributed by atoms with E-state index in [1.165, 1.54) is 4.90 Å². The third-order valence-electron chi connectivity index (χ3n) is 4.85. The van der Waals surface area contributed by atoms with Gasteiger partial charge in [0.2, 0.25) is 11.8 Å². The lowest BCUT2D eigenvalue weighted by molar-refractivity contribution is -0.142. The molecule has 2 aromatic rings. The van der Waals surface area contributed by atoms with Gasteiger partial charge < -0.3 is 20.1 Å². The van der Waals surface area contributed by atoms with E-state index in [2.05, 4.69) is 5.32 Å². The number of benzene rings is 2. The molecule has 0 aliphatic carbocycles. The molecule has 2 aromatic carbocycles. The maximum atomic E-state index is 12.7. The molecule has 7 heteroatoms. The van der Waals surface area contributed by atoms with E-state index in [0.717, 1.165) is 5.56 Å². The molecule has 2 N–H and O–H groups in total. The fraction of sp³-hybridized carbons (Fsp3) is 0.318. The summed E-state index contributed by atoms with van der Waals surface area (Å²) in [6.45, 7) is 2.51. The second kappa shape index (κ2) is 9.23. The molecule has 1 unspecified atom stereocenters. The highest BCUT2D eigenvalue weighted by molar-refractivity contribution is 6.01. The first-order valence-corrected chi connectivity index (χ1v) is 9.59. The van der Waals surface area contributed by atoms with Crippen LogP contribution in [0.2, 0.25) is 0 Å². The van der Waals surface area contributed by atoms with Gasteiger partial charge in [-0.05, 0) is 24.6 Å². The molecule has 0 aromatic heterocycles. The molecular weight excluding hydrogens is 372 g/mol. The van der Waals surface area contributed by atoms with Crippen molar-refractivity contribution in [2.45, 2.75) is 25.8 Å². The minimum Gasteiger partial charge on any atom is -0.492 e. The predicted octanol–water partition coefficient (Wildman–Crippen LogP) is 2.25. The highest BCUT2D eigenvalue weighted by Gasteiger charge is 2.37. The first-order chi connectivity index (χ1) is 14.0. The van der Waals surface area contributed by atoms with Gasteiger partial charge in [-0.25, -0.2) is 4.79 Å². The third kappa shape index (κ3) is 4.93. The van der Waals surface area contributed by atoms with Gasteiger partial charge in [0, 0.05) is 19.4 Å². The molecule has 2 amide bonds. The summed E-state index contributed by atoms with van der Waals surface area (Å²) in [6, 6.07) is 15.2. The van der Waals surface area contributed by atoms with Gasteiger partial charge >= 0.3 is 5.97 Å². The number of nitrogens with zero attached hydrogens (tertiary/aromatic N) is 1. The number of nitrogens with one attached hydrogen (secondary N) is 1. The molecule has 0 radical (unpaired) electrons. The Morgan fingerprint density at radius 2 is 1.86 bits per heavy atom. The van der Waals surface area contributed by atoms with Crippen LogP contribution in [0.1, 0.15) is 18.9 Å². The summed E-state index contributed by atoms with van der Waals surface area (Å²) in [7, 11) is 0. The van der Waals surface area contributed by atoms with Crippen LogP contribution in [0.25, 0.3) is 0 Å². The Hall–Kier alpha value is -3.35. The molecule has 2 atom stereocenters. The average Bonchev–Trinajstić information content (AvgIpc) is 3.10. The van der Waals surface area contributed by atoms with Gasteiger partial charge in [-0.1, -0.05) is 42.5 Å². The molecule has 152 valence electrons. The van der Waals surface area contributed by atoms with E-state index < -0.39 is 23.8 Å². The Labute approximate surface area is 169 Å². The molecule has 3 rings (SSSR count). The standard InChI is InChI=1S/C22H24N2O5/c1-2-29-19-11-7-6-10-18(19)24-14-16(13-20(24)25)21(26)23-17(22(27)28)12-15-8-4-3-5-9-15/h3-11,16-17H,2,12-14H2,1H3,(H,23,26)(H,27,28)/t16?,17-/m1/s1. The molecule has 0 spiro atoms. The van der Waals surface area contributed by atoms with Crippen molar-refractivity contribution in [2.24, 2.45) is 5.92 Å². The van der Waals surface area contributed by atoms with Gasteiger partial charge in [0.25, 0.3) is 0 Å². The second-order valence-corrected chi connectivity index (χ2v) is 6.90. The van der Waals surface area contributed by atoms with Crippen molar-refractivity contribution in [3.63, 3.8) is 0 Å². The number of rotatable bonds is 8. The van der Waals surface area contributed by atoms with Crippen molar-refractivity contribution in [1.82, 2.24) is 5.32 Å². The van der Waals surface area contributed by atoms with E-state index in [1.807, 2.05) is 43.3 Å². The zero-order chi connectivity index (χ0) is 20.8. The number of ether oxygens (including phenoxy) is 1. The van der Waals surface area contributed by atoms with Crippen LogP contribution in [-0.2, 0) is 20.8 Å². The lowest BCUT2D eigenvalue weighted by atomic mass is 10.0. The molecule has 1 heterocycles. The molecule has 0 bridgehead atoms. The Bertz CT molecular complexity index is 884. The zero-order valence-corrected chi connectivity index (χ0v) is 16.2. The van der Waals surface area contributed by atoms with E-state index in [-0.39, 0.29) is 25.3 Å². The summed E-state index contributed by atoms with van der Waals surface area (Å²) in [6.07, 6.45) is 0.212. The molecule has 1 fully saturated rings. The lowest BCUT2D eigenvalue weighted by Gasteiger charge is -2.21. The summed E-state index contributed by atoms with van der Waals surface area (Å²) in [5, 5.41) is 12.1. The van der Waals surface area contributed by atoms with E-state index >= 15 is 0 Å². The number of aliphatic carboxylic acids is 1. The first kappa shape index (κ1) is 20.4. The van der Waals surface area contributed by atoms with E-state index in [4.69, 9.17) is 4.74 Å². The number of carboxylic acid groups (broad SMARTS) is 1. The quantitative estimate of drug-likeness (QED) is 0.714. The second-order valence-electron chi connectivity index (χ2n) is 6.90. The molecule has 1 saturated heterocycles. The van der Waals surface area contributed by atoms with Crippen LogP contribution in [0, 0.1) is 5.92 Å². The van der Waals surface area contributed by atoms with E-state index in [0.29, 0.717) is 18.0 Å². The number of carbonyl (C=O) groups excluding carboxylic acids is 2. The molecule has 1 aliphatic heterocycles. The fourth-order valence-electron chi connectivity index (χ4n) is 3.41. The number of hydrogen-bond donors (Lipinski definition) is 2. The van der Waals surface area contributed by atoms with E-state index in [9.17, 15) is 19.5 Å². The monoisotopic (exact) mass is 396 g/mol. The van der Waals surface area contributed by atoms with Crippen LogP contribution >= 0.6 is 0 Å². The number of anilines is 1. The largest absolute Gasteiger partial charge is 0.492 e. The summed E-state index contributed by atoms with van der Waals surface area (Å²) >= 11 is 0. The highest BCUT2D eigenvalue weighted by Crippen LogP contribution is 2.33. The number of amides is 2. The van der Waals surface area contributed by atoms with Gasteiger partial charge in [0.15, 0.2) is 0 Å². The maximum Gasteiger partial charge on any atom is 0.326 e. The Morgan fingerprint density at radius 3 is 2.55 bits per heavy atom. The summed E-state index contributed by atoms with van der Waals surface area (Å²) in [4.78, 5) is 38.4. The normalized spacial score (nSPS) is 17.1. The predicted molar refractivity (Wildman–Crippen MR) is 108 cm³/mol. The van der Waals surface area contributed by atoms with Crippen molar-refractivity contribution < 1.29 is 24.2 Å². The summed E-state index contributed by atoms with van der Waals surface area (Å²) in [5.41, 5.74) is 1.43. The van der Waals surface area contributed by atoms with Gasteiger partial charge in [0.05, 0.1) is 18.2 Å². The number of carboxylic acids is 1. The van der Waals surface area contributed by atoms with Crippen LogP contribution in [0.4, 0.5) is 5.69 Å². The van der Waals surface area contributed by atoms with Gasteiger partial charge in [-0.15, -0.1) is 0 Å². The lowest BCUT2D eigenvalue weighted by Crippen LogP contribution is -2.45. The minimum absolute atomic E-state index is 0.0317.